The van der Waals surface area contributed by atoms with Gasteiger partial charge in [0, 0.05) is 29.1 Å². The SMILES string of the molecule is COCCN(Cc1csc(COc2ccc(C)cc2)n1)C(=O)c1cccc(Br)c1. The van der Waals surface area contributed by atoms with Crippen molar-refractivity contribution in [2.75, 3.05) is 20.3 Å². The zero-order chi connectivity index (χ0) is 20.6. The van der Waals surface area contributed by atoms with Crippen LogP contribution in [0.5, 0.6) is 5.75 Å². The van der Waals surface area contributed by atoms with Crippen LogP contribution in [0.25, 0.3) is 0 Å². The van der Waals surface area contributed by atoms with Crippen LogP contribution in [0.15, 0.2) is 58.4 Å². The van der Waals surface area contributed by atoms with Crippen LogP contribution in [-0.2, 0) is 17.9 Å². The summed E-state index contributed by atoms with van der Waals surface area (Å²) in [4.78, 5) is 19.3. The Hall–Kier alpha value is -2.22. The first-order valence-electron chi connectivity index (χ1n) is 9.21. The molecule has 0 N–H and O–H groups in total. The maximum atomic E-state index is 13.0. The summed E-state index contributed by atoms with van der Waals surface area (Å²) >= 11 is 4.96. The first-order chi connectivity index (χ1) is 14.0. The number of halogens is 1. The van der Waals surface area contributed by atoms with Crippen LogP contribution < -0.4 is 4.74 Å². The number of nitrogens with zero attached hydrogens (tertiary/aromatic N) is 2. The lowest BCUT2D eigenvalue weighted by atomic mass is 10.2. The average molecular weight is 475 g/mol. The molecule has 7 heteroatoms. The highest BCUT2D eigenvalue weighted by Crippen LogP contribution is 2.19. The van der Waals surface area contributed by atoms with E-state index in [1.54, 1.807) is 12.0 Å². The Bertz CT molecular complexity index is 943. The molecule has 0 unspecified atom stereocenters. The van der Waals surface area contributed by atoms with Crippen molar-refractivity contribution >= 4 is 33.2 Å². The lowest BCUT2D eigenvalue weighted by molar-refractivity contribution is 0.0678. The van der Waals surface area contributed by atoms with E-state index >= 15 is 0 Å². The molecule has 0 spiro atoms. The van der Waals surface area contributed by atoms with E-state index in [0.717, 1.165) is 20.9 Å². The van der Waals surface area contributed by atoms with E-state index in [1.165, 1.54) is 16.9 Å². The Morgan fingerprint density at radius 1 is 1.21 bits per heavy atom. The molecule has 2 aromatic carbocycles. The summed E-state index contributed by atoms with van der Waals surface area (Å²) in [6, 6.07) is 15.3. The largest absolute Gasteiger partial charge is 0.486 e. The number of carbonyl (C=O) groups excluding carboxylic acids is 1. The molecule has 0 saturated carbocycles. The maximum absolute atomic E-state index is 13.0. The van der Waals surface area contributed by atoms with Gasteiger partial charge in [0.1, 0.15) is 17.4 Å². The van der Waals surface area contributed by atoms with Gasteiger partial charge in [-0.3, -0.25) is 4.79 Å². The van der Waals surface area contributed by atoms with Crippen molar-refractivity contribution in [3.63, 3.8) is 0 Å². The van der Waals surface area contributed by atoms with Crippen molar-refractivity contribution in [1.29, 1.82) is 0 Å². The van der Waals surface area contributed by atoms with E-state index in [-0.39, 0.29) is 5.91 Å². The van der Waals surface area contributed by atoms with Crippen molar-refractivity contribution in [1.82, 2.24) is 9.88 Å². The summed E-state index contributed by atoms with van der Waals surface area (Å²) in [6.45, 7) is 3.84. The van der Waals surface area contributed by atoms with Gasteiger partial charge in [-0.05, 0) is 37.3 Å². The highest BCUT2D eigenvalue weighted by atomic mass is 79.9. The number of rotatable bonds is 9. The van der Waals surface area contributed by atoms with Crippen LogP contribution in [0, 0.1) is 6.92 Å². The van der Waals surface area contributed by atoms with Gasteiger partial charge in [-0.2, -0.15) is 0 Å². The Morgan fingerprint density at radius 2 is 2.00 bits per heavy atom. The fourth-order valence-corrected chi connectivity index (χ4v) is 3.82. The van der Waals surface area contributed by atoms with Crippen molar-refractivity contribution in [2.24, 2.45) is 0 Å². The van der Waals surface area contributed by atoms with Crippen LogP contribution in [0.1, 0.15) is 26.6 Å². The smallest absolute Gasteiger partial charge is 0.254 e. The summed E-state index contributed by atoms with van der Waals surface area (Å²) in [6.07, 6.45) is 0. The van der Waals surface area contributed by atoms with E-state index < -0.39 is 0 Å². The number of thiazole rings is 1. The van der Waals surface area contributed by atoms with Gasteiger partial charge in [0.2, 0.25) is 0 Å². The number of hydrogen-bond donors (Lipinski definition) is 0. The minimum absolute atomic E-state index is 0.0474. The molecule has 1 aromatic heterocycles. The van der Waals surface area contributed by atoms with Crippen LogP contribution in [0.4, 0.5) is 0 Å². The number of aromatic nitrogens is 1. The van der Waals surface area contributed by atoms with Gasteiger partial charge in [0.25, 0.3) is 5.91 Å². The van der Waals surface area contributed by atoms with Crippen LogP contribution >= 0.6 is 27.3 Å². The molecular formula is C22H23BrN2O3S. The van der Waals surface area contributed by atoms with Crippen LogP contribution in [-0.4, -0.2) is 36.1 Å². The van der Waals surface area contributed by atoms with Gasteiger partial charge in [-0.15, -0.1) is 11.3 Å². The third kappa shape index (κ3) is 6.39. The second-order valence-corrected chi connectivity index (χ2v) is 8.42. The second-order valence-electron chi connectivity index (χ2n) is 6.56. The lowest BCUT2D eigenvalue weighted by Gasteiger charge is -2.21. The molecule has 0 bridgehead atoms. The molecule has 1 amide bonds. The molecule has 152 valence electrons. The highest BCUT2D eigenvalue weighted by Gasteiger charge is 2.18. The molecule has 1 heterocycles. The lowest BCUT2D eigenvalue weighted by Crippen LogP contribution is -2.33. The van der Waals surface area contributed by atoms with E-state index in [9.17, 15) is 4.79 Å². The quantitative estimate of drug-likeness (QED) is 0.433. The number of benzene rings is 2. The fraction of sp³-hybridized carbons (Fsp3) is 0.273. The molecule has 0 radical (unpaired) electrons. The molecule has 3 rings (SSSR count). The molecule has 0 fully saturated rings. The first-order valence-corrected chi connectivity index (χ1v) is 10.9. The third-order valence-corrected chi connectivity index (χ3v) is 5.62. The van der Waals surface area contributed by atoms with Gasteiger partial charge in [-0.1, -0.05) is 39.7 Å². The minimum Gasteiger partial charge on any atom is -0.486 e. The number of amides is 1. The predicted octanol–water partition coefficient (Wildman–Crippen LogP) is 5.08. The summed E-state index contributed by atoms with van der Waals surface area (Å²) in [7, 11) is 1.63. The van der Waals surface area contributed by atoms with Gasteiger partial charge in [0.05, 0.1) is 18.8 Å². The Labute approximate surface area is 183 Å². The van der Waals surface area contributed by atoms with Gasteiger partial charge < -0.3 is 14.4 Å². The molecule has 0 atom stereocenters. The Morgan fingerprint density at radius 3 is 2.72 bits per heavy atom. The van der Waals surface area contributed by atoms with Gasteiger partial charge >= 0.3 is 0 Å². The zero-order valence-corrected chi connectivity index (χ0v) is 18.8. The standard InChI is InChI=1S/C22H23BrN2O3S/c1-16-6-8-20(9-7-16)28-14-21-24-19(15-29-21)13-25(10-11-27-2)22(26)17-4-3-5-18(23)12-17/h3-9,12,15H,10-11,13-14H2,1-2H3. The third-order valence-electron chi connectivity index (χ3n) is 4.26. The summed E-state index contributed by atoms with van der Waals surface area (Å²) in [5.74, 6) is 0.771. The normalized spacial score (nSPS) is 10.7. The van der Waals surface area contributed by atoms with E-state index in [0.29, 0.717) is 31.9 Å². The van der Waals surface area contributed by atoms with Crippen molar-refractivity contribution < 1.29 is 14.3 Å². The highest BCUT2D eigenvalue weighted by molar-refractivity contribution is 9.10. The Balaban J connectivity index is 1.65. The second kappa shape index (κ2) is 10.5. The molecule has 0 aliphatic rings. The molecule has 5 nitrogen and oxygen atoms in total. The van der Waals surface area contributed by atoms with Gasteiger partial charge in [0.15, 0.2) is 0 Å². The van der Waals surface area contributed by atoms with Crippen LogP contribution in [0.2, 0.25) is 0 Å². The Kier molecular flexibility index (Phi) is 7.80. The fourth-order valence-electron chi connectivity index (χ4n) is 2.72. The van der Waals surface area contributed by atoms with E-state index in [2.05, 4.69) is 20.9 Å². The summed E-state index contributed by atoms with van der Waals surface area (Å²) in [5.41, 5.74) is 2.67. The number of aryl methyl sites for hydroxylation is 1. The number of methoxy groups -OCH3 is 1. The average Bonchev–Trinajstić information content (AvgIpc) is 3.17. The zero-order valence-electron chi connectivity index (χ0n) is 16.4. The molecule has 3 aromatic rings. The molecule has 0 saturated heterocycles. The van der Waals surface area contributed by atoms with Crippen molar-refractivity contribution in [3.8, 4) is 5.75 Å². The summed E-state index contributed by atoms with van der Waals surface area (Å²) in [5, 5.41) is 2.85. The number of hydrogen-bond acceptors (Lipinski definition) is 5. The molecule has 29 heavy (non-hydrogen) atoms. The minimum atomic E-state index is -0.0474. The number of ether oxygens (including phenoxy) is 2. The monoisotopic (exact) mass is 474 g/mol. The molecular weight excluding hydrogens is 452 g/mol. The maximum Gasteiger partial charge on any atom is 0.254 e. The van der Waals surface area contributed by atoms with Crippen molar-refractivity contribution in [2.45, 2.75) is 20.1 Å². The topological polar surface area (TPSA) is 51.7 Å². The summed E-state index contributed by atoms with van der Waals surface area (Å²) < 4.78 is 11.9. The van der Waals surface area contributed by atoms with Gasteiger partial charge in [-0.25, -0.2) is 4.98 Å². The molecule has 0 aliphatic carbocycles. The predicted molar refractivity (Wildman–Crippen MR) is 118 cm³/mol. The van der Waals surface area contributed by atoms with E-state index in [4.69, 9.17) is 9.47 Å². The van der Waals surface area contributed by atoms with E-state index in [1.807, 2.05) is 60.8 Å². The number of carbonyl (C=O) groups is 1. The van der Waals surface area contributed by atoms with Crippen molar-refractivity contribution in [3.05, 3.63) is 80.2 Å². The molecule has 0 aliphatic heterocycles. The van der Waals surface area contributed by atoms with Crippen LogP contribution in [0.3, 0.4) is 0 Å². The first kappa shape index (κ1) is 21.5.